The van der Waals surface area contributed by atoms with Crippen LogP contribution in [-0.4, -0.2) is 48.1 Å². The molecule has 0 radical (unpaired) electrons. The normalized spacial score (nSPS) is 15.7. The molecule has 0 spiro atoms. The van der Waals surface area contributed by atoms with Crippen molar-refractivity contribution in [1.29, 1.82) is 0 Å². The van der Waals surface area contributed by atoms with E-state index in [1.165, 1.54) is 5.56 Å². The first kappa shape index (κ1) is 15.7. The number of anilines is 3. The smallest absolute Gasteiger partial charge is 0.229 e. The summed E-state index contributed by atoms with van der Waals surface area (Å²) in [5.74, 6) is 1.68. The number of nitrogens with one attached hydrogen (secondary N) is 1. The van der Waals surface area contributed by atoms with Crippen molar-refractivity contribution in [3.63, 3.8) is 0 Å². The van der Waals surface area contributed by atoms with Gasteiger partial charge in [0.15, 0.2) is 0 Å². The lowest BCUT2D eigenvalue weighted by molar-refractivity contribution is 0.312. The standard InChI is InChI=1S/C18H25N5/c1-4-15-5-7-16(8-6-15)20-18-19-14(2)13-17(21-18)23-11-9-22(3)10-12-23/h5-8,13H,4,9-12H2,1-3H3,(H,19,20,21). The lowest BCUT2D eigenvalue weighted by atomic mass is 10.1. The molecular formula is C18H25N5. The zero-order valence-corrected chi connectivity index (χ0v) is 14.2. The Labute approximate surface area is 138 Å². The van der Waals surface area contributed by atoms with Gasteiger partial charge in [-0.1, -0.05) is 19.1 Å². The minimum absolute atomic E-state index is 0.670. The molecule has 0 atom stereocenters. The second-order valence-corrected chi connectivity index (χ2v) is 6.16. The molecular weight excluding hydrogens is 286 g/mol. The first-order chi connectivity index (χ1) is 11.1. The highest BCUT2D eigenvalue weighted by molar-refractivity contribution is 5.56. The van der Waals surface area contributed by atoms with E-state index in [1.54, 1.807) is 0 Å². The van der Waals surface area contributed by atoms with E-state index in [-0.39, 0.29) is 0 Å². The summed E-state index contributed by atoms with van der Waals surface area (Å²) in [5.41, 5.74) is 3.34. The van der Waals surface area contributed by atoms with Crippen molar-refractivity contribution in [2.45, 2.75) is 20.3 Å². The molecule has 5 nitrogen and oxygen atoms in total. The van der Waals surface area contributed by atoms with Crippen LogP contribution in [0.15, 0.2) is 30.3 Å². The van der Waals surface area contributed by atoms with Gasteiger partial charge < -0.3 is 15.1 Å². The predicted molar refractivity (Wildman–Crippen MR) is 95.6 cm³/mol. The minimum atomic E-state index is 0.670. The quantitative estimate of drug-likeness (QED) is 0.940. The Bertz CT molecular complexity index is 645. The number of hydrogen-bond donors (Lipinski definition) is 1. The van der Waals surface area contributed by atoms with E-state index in [4.69, 9.17) is 4.98 Å². The van der Waals surface area contributed by atoms with Crippen LogP contribution in [0.25, 0.3) is 0 Å². The van der Waals surface area contributed by atoms with Crippen LogP contribution < -0.4 is 10.2 Å². The Morgan fingerprint density at radius 2 is 1.74 bits per heavy atom. The van der Waals surface area contributed by atoms with E-state index < -0.39 is 0 Å². The molecule has 3 rings (SSSR count). The topological polar surface area (TPSA) is 44.3 Å². The fourth-order valence-electron chi connectivity index (χ4n) is 2.76. The van der Waals surface area contributed by atoms with Crippen molar-refractivity contribution in [1.82, 2.24) is 14.9 Å². The summed E-state index contributed by atoms with van der Waals surface area (Å²) in [5, 5.41) is 3.33. The summed E-state index contributed by atoms with van der Waals surface area (Å²) in [6.07, 6.45) is 1.05. The Balaban J connectivity index is 1.76. The van der Waals surface area contributed by atoms with Crippen LogP contribution in [0, 0.1) is 6.92 Å². The number of hydrogen-bond acceptors (Lipinski definition) is 5. The maximum atomic E-state index is 4.71. The van der Waals surface area contributed by atoms with Gasteiger partial charge in [0.25, 0.3) is 0 Å². The lowest BCUT2D eigenvalue weighted by Gasteiger charge is -2.33. The van der Waals surface area contributed by atoms with Crippen LogP contribution in [-0.2, 0) is 6.42 Å². The predicted octanol–water partition coefficient (Wildman–Crippen LogP) is 2.84. The third-order valence-corrected chi connectivity index (χ3v) is 4.29. The van der Waals surface area contributed by atoms with Crippen molar-refractivity contribution >= 4 is 17.5 Å². The molecule has 5 heteroatoms. The van der Waals surface area contributed by atoms with E-state index in [0.717, 1.165) is 49.8 Å². The van der Waals surface area contributed by atoms with Crippen molar-refractivity contribution in [2.75, 3.05) is 43.4 Å². The third kappa shape index (κ3) is 3.99. The second-order valence-electron chi connectivity index (χ2n) is 6.16. The van der Waals surface area contributed by atoms with E-state index >= 15 is 0 Å². The van der Waals surface area contributed by atoms with Crippen LogP contribution in [0.4, 0.5) is 17.5 Å². The summed E-state index contributed by atoms with van der Waals surface area (Å²) >= 11 is 0. The van der Waals surface area contributed by atoms with Gasteiger partial charge in [0.1, 0.15) is 5.82 Å². The van der Waals surface area contributed by atoms with E-state index in [9.17, 15) is 0 Å². The third-order valence-electron chi connectivity index (χ3n) is 4.29. The van der Waals surface area contributed by atoms with Crippen molar-refractivity contribution in [3.05, 3.63) is 41.6 Å². The summed E-state index contributed by atoms with van der Waals surface area (Å²) in [6, 6.07) is 10.5. The average Bonchev–Trinajstić information content (AvgIpc) is 2.56. The number of aromatic nitrogens is 2. The Morgan fingerprint density at radius 1 is 1.04 bits per heavy atom. The lowest BCUT2D eigenvalue weighted by Crippen LogP contribution is -2.44. The van der Waals surface area contributed by atoms with E-state index in [1.807, 2.05) is 6.92 Å². The maximum Gasteiger partial charge on any atom is 0.229 e. The first-order valence-corrected chi connectivity index (χ1v) is 8.29. The number of rotatable bonds is 4. The van der Waals surface area contributed by atoms with Gasteiger partial charge in [-0.15, -0.1) is 0 Å². The molecule has 0 unspecified atom stereocenters. The minimum Gasteiger partial charge on any atom is -0.354 e. The van der Waals surface area contributed by atoms with Crippen LogP contribution in [0.2, 0.25) is 0 Å². The summed E-state index contributed by atoms with van der Waals surface area (Å²) in [4.78, 5) is 13.9. The molecule has 0 bridgehead atoms. The number of aryl methyl sites for hydroxylation is 2. The SMILES string of the molecule is CCc1ccc(Nc2nc(C)cc(N3CCN(C)CC3)n2)cc1. The molecule has 0 aliphatic carbocycles. The fraction of sp³-hybridized carbons (Fsp3) is 0.444. The molecule has 1 aliphatic heterocycles. The molecule has 0 amide bonds. The molecule has 1 aliphatic rings. The first-order valence-electron chi connectivity index (χ1n) is 8.29. The highest BCUT2D eigenvalue weighted by Crippen LogP contribution is 2.20. The number of nitrogens with zero attached hydrogens (tertiary/aromatic N) is 4. The molecule has 0 saturated carbocycles. The van der Waals surface area contributed by atoms with Crippen molar-refractivity contribution in [2.24, 2.45) is 0 Å². The largest absolute Gasteiger partial charge is 0.354 e. The second kappa shape index (κ2) is 6.96. The van der Waals surface area contributed by atoms with E-state index in [2.05, 4.69) is 64.4 Å². The summed E-state index contributed by atoms with van der Waals surface area (Å²) in [7, 11) is 2.16. The van der Waals surface area contributed by atoms with Gasteiger partial charge >= 0.3 is 0 Å². The maximum absolute atomic E-state index is 4.71. The molecule has 1 fully saturated rings. The van der Waals surface area contributed by atoms with Crippen LogP contribution in [0.5, 0.6) is 0 Å². The molecule has 23 heavy (non-hydrogen) atoms. The molecule has 1 aromatic carbocycles. The van der Waals surface area contributed by atoms with Crippen LogP contribution in [0.3, 0.4) is 0 Å². The Hall–Kier alpha value is -2.14. The molecule has 1 saturated heterocycles. The molecule has 1 aromatic heterocycles. The van der Waals surface area contributed by atoms with Gasteiger partial charge in [0, 0.05) is 43.6 Å². The summed E-state index contributed by atoms with van der Waals surface area (Å²) in [6.45, 7) is 8.35. The van der Waals surface area contributed by atoms with Crippen molar-refractivity contribution in [3.8, 4) is 0 Å². The molecule has 122 valence electrons. The average molecular weight is 311 g/mol. The van der Waals surface area contributed by atoms with Crippen LogP contribution in [0.1, 0.15) is 18.2 Å². The van der Waals surface area contributed by atoms with Gasteiger partial charge in [0.05, 0.1) is 0 Å². The highest BCUT2D eigenvalue weighted by Gasteiger charge is 2.16. The highest BCUT2D eigenvalue weighted by atomic mass is 15.3. The van der Waals surface area contributed by atoms with Crippen LogP contribution >= 0.6 is 0 Å². The molecule has 2 aromatic rings. The summed E-state index contributed by atoms with van der Waals surface area (Å²) < 4.78 is 0. The monoisotopic (exact) mass is 311 g/mol. The zero-order chi connectivity index (χ0) is 16.2. The Kier molecular flexibility index (Phi) is 4.76. The van der Waals surface area contributed by atoms with Gasteiger partial charge in [-0.3, -0.25) is 0 Å². The number of likely N-dealkylation sites (N-methyl/N-ethyl adjacent to an activating group) is 1. The molecule has 1 N–H and O–H groups in total. The van der Waals surface area contributed by atoms with Gasteiger partial charge in [-0.25, -0.2) is 4.98 Å². The Morgan fingerprint density at radius 3 is 2.39 bits per heavy atom. The van der Waals surface area contributed by atoms with Gasteiger partial charge in [-0.05, 0) is 38.1 Å². The van der Waals surface area contributed by atoms with Gasteiger partial charge in [-0.2, -0.15) is 4.98 Å². The van der Waals surface area contributed by atoms with Gasteiger partial charge in [0.2, 0.25) is 5.95 Å². The zero-order valence-electron chi connectivity index (χ0n) is 14.2. The molecule has 2 heterocycles. The number of piperazine rings is 1. The number of benzene rings is 1. The van der Waals surface area contributed by atoms with Crippen molar-refractivity contribution < 1.29 is 0 Å². The van der Waals surface area contributed by atoms with E-state index in [0.29, 0.717) is 5.95 Å². The fourth-order valence-corrected chi connectivity index (χ4v) is 2.76.